The third-order valence-electron chi connectivity index (χ3n) is 5.61. The van der Waals surface area contributed by atoms with Crippen molar-refractivity contribution in [2.45, 2.75) is 24.5 Å². The highest BCUT2D eigenvalue weighted by Gasteiger charge is 2.31. The summed E-state index contributed by atoms with van der Waals surface area (Å²) in [6, 6.07) is 11.6. The fraction of sp³-hybridized carbons (Fsp3) is 0.333. The monoisotopic (exact) mass is 469 g/mol. The van der Waals surface area contributed by atoms with Crippen molar-refractivity contribution < 1.29 is 8.42 Å². The van der Waals surface area contributed by atoms with Crippen LogP contribution in [0.25, 0.3) is 16.9 Å². The van der Waals surface area contributed by atoms with Gasteiger partial charge in [-0.2, -0.15) is 8.99 Å². The van der Waals surface area contributed by atoms with Gasteiger partial charge < -0.3 is 4.90 Å². The lowest BCUT2D eigenvalue weighted by Crippen LogP contribution is -2.48. The lowest BCUT2D eigenvalue weighted by Gasteiger charge is -2.34. The van der Waals surface area contributed by atoms with E-state index in [4.69, 9.17) is 0 Å². The van der Waals surface area contributed by atoms with Crippen LogP contribution in [-0.4, -0.2) is 63.9 Å². The van der Waals surface area contributed by atoms with Crippen molar-refractivity contribution in [1.82, 2.24) is 29.3 Å². The summed E-state index contributed by atoms with van der Waals surface area (Å²) in [5.41, 5.74) is 3.27. The van der Waals surface area contributed by atoms with Gasteiger partial charge in [0.1, 0.15) is 10.5 Å². The Morgan fingerprint density at radius 2 is 1.75 bits per heavy atom. The largest absolute Gasteiger partial charge is 0.352 e. The predicted octanol–water partition coefficient (Wildman–Crippen LogP) is 2.65. The zero-order chi connectivity index (χ0) is 22.3. The first-order valence-electron chi connectivity index (χ1n) is 10.4. The average Bonchev–Trinajstić information content (AvgIpc) is 3.47. The number of rotatable bonds is 5. The maximum Gasteiger partial charge on any atom is 0.252 e. The molecule has 4 aromatic rings. The van der Waals surface area contributed by atoms with Gasteiger partial charge in [0.25, 0.3) is 10.0 Å². The second kappa shape index (κ2) is 8.23. The molecule has 9 nitrogen and oxygen atoms in total. The molecule has 0 saturated carbocycles. The average molecular weight is 470 g/mol. The van der Waals surface area contributed by atoms with Gasteiger partial charge in [-0.05, 0) is 37.6 Å². The molecule has 1 aromatic carbocycles. The molecule has 0 bridgehead atoms. The number of anilines is 1. The minimum absolute atomic E-state index is 0.388. The lowest BCUT2D eigenvalue weighted by atomic mass is 10.2. The minimum atomic E-state index is -3.47. The van der Waals surface area contributed by atoms with E-state index in [2.05, 4.69) is 25.2 Å². The molecule has 0 aliphatic carbocycles. The number of thiophene rings is 1. The van der Waals surface area contributed by atoms with Crippen molar-refractivity contribution in [3.05, 3.63) is 53.2 Å². The zero-order valence-electron chi connectivity index (χ0n) is 17.8. The number of fused-ring (bicyclic) bond motifs is 1. The van der Waals surface area contributed by atoms with Crippen LogP contribution in [0.3, 0.4) is 0 Å². The summed E-state index contributed by atoms with van der Waals surface area (Å²) in [5.74, 6) is 0.676. The zero-order valence-corrected chi connectivity index (χ0v) is 19.5. The van der Waals surface area contributed by atoms with Crippen LogP contribution in [0.2, 0.25) is 0 Å². The van der Waals surface area contributed by atoms with Gasteiger partial charge in [-0.1, -0.05) is 29.8 Å². The Hall–Kier alpha value is -2.89. The Morgan fingerprint density at radius 1 is 1.00 bits per heavy atom. The van der Waals surface area contributed by atoms with Crippen molar-refractivity contribution in [2.24, 2.45) is 0 Å². The number of sulfonamides is 1. The first-order chi connectivity index (χ1) is 15.5. The molecule has 4 heterocycles. The Labute approximate surface area is 190 Å². The van der Waals surface area contributed by atoms with Crippen LogP contribution in [0, 0.1) is 6.92 Å². The van der Waals surface area contributed by atoms with E-state index < -0.39 is 10.0 Å². The highest BCUT2D eigenvalue weighted by atomic mass is 32.2. The van der Waals surface area contributed by atoms with E-state index in [0.717, 1.165) is 22.5 Å². The summed E-state index contributed by atoms with van der Waals surface area (Å²) in [4.78, 5) is 12.0. The Balaban J connectivity index is 1.38. The van der Waals surface area contributed by atoms with E-state index in [9.17, 15) is 8.42 Å². The third-order valence-corrected chi connectivity index (χ3v) is 9.21. The van der Waals surface area contributed by atoms with Crippen molar-refractivity contribution in [2.75, 3.05) is 31.1 Å². The number of hydrogen-bond donors (Lipinski definition) is 0. The first kappa shape index (κ1) is 21.0. The molecule has 5 rings (SSSR count). The summed E-state index contributed by atoms with van der Waals surface area (Å²) in [6.45, 7) is 5.88. The van der Waals surface area contributed by atoms with Crippen LogP contribution in [-0.2, 0) is 16.4 Å². The Morgan fingerprint density at radius 3 is 2.44 bits per heavy atom. The standard InChI is InChI=1S/C21H23N7O2S2/c1-3-17-8-9-18(31-17)32(29,30)27-12-10-26(11-13-27)20-19-21(23-14-22-20)28(25-24-19)16-6-4-15(2)5-7-16/h4-9,14H,3,10-13H2,1-2H3. The van der Waals surface area contributed by atoms with Gasteiger partial charge in [0, 0.05) is 31.1 Å². The number of aromatic nitrogens is 5. The molecule has 166 valence electrons. The van der Waals surface area contributed by atoms with E-state index >= 15 is 0 Å². The number of hydrogen-bond acceptors (Lipinski definition) is 8. The van der Waals surface area contributed by atoms with E-state index in [-0.39, 0.29) is 0 Å². The Kier molecular flexibility index (Phi) is 5.39. The van der Waals surface area contributed by atoms with Crippen molar-refractivity contribution in [1.29, 1.82) is 0 Å². The molecule has 0 spiro atoms. The second-order valence-electron chi connectivity index (χ2n) is 7.67. The highest BCUT2D eigenvalue weighted by Crippen LogP contribution is 2.28. The van der Waals surface area contributed by atoms with Crippen molar-refractivity contribution in [3.8, 4) is 5.69 Å². The number of benzene rings is 1. The van der Waals surface area contributed by atoms with E-state index in [1.807, 2.05) is 44.2 Å². The van der Waals surface area contributed by atoms with Crippen LogP contribution >= 0.6 is 11.3 Å². The molecule has 0 N–H and O–H groups in total. The Bertz CT molecular complexity index is 1350. The van der Waals surface area contributed by atoms with E-state index in [1.165, 1.54) is 17.7 Å². The van der Waals surface area contributed by atoms with Gasteiger partial charge in [-0.25, -0.2) is 18.4 Å². The molecule has 3 aromatic heterocycles. The van der Waals surface area contributed by atoms with Crippen LogP contribution in [0.1, 0.15) is 17.4 Å². The van der Waals surface area contributed by atoms with Crippen LogP contribution < -0.4 is 4.90 Å². The molecule has 32 heavy (non-hydrogen) atoms. The number of piperazine rings is 1. The molecule has 1 saturated heterocycles. The lowest BCUT2D eigenvalue weighted by molar-refractivity contribution is 0.385. The normalized spacial score (nSPS) is 15.5. The van der Waals surface area contributed by atoms with Crippen molar-refractivity contribution in [3.63, 3.8) is 0 Å². The van der Waals surface area contributed by atoms with Crippen molar-refractivity contribution >= 4 is 38.3 Å². The van der Waals surface area contributed by atoms with E-state index in [1.54, 1.807) is 15.1 Å². The van der Waals surface area contributed by atoms with Gasteiger partial charge >= 0.3 is 0 Å². The molecule has 0 amide bonds. The molecule has 1 aliphatic heterocycles. The quantitative estimate of drug-likeness (QED) is 0.443. The minimum Gasteiger partial charge on any atom is -0.352 e. The molecule has 0 atom stereocenters. The van der Waals surface area contributed by atoms with E-state index in [0.29, 0.717) is 47.4 Å². The predicted molar refractivity (Wildman–Crippen MR) is 124 cm³/mol. The van der Waals surface area contributed by atoms with Gasteiger partial charge in [0.15, 0.2) is 17.0 Å². The maximum absolute atomic E-state index is 13.0. The highest BCUT2D eigenvalue weighted by molar-refractivity contribution is 7.91. The first-order valence-corrected chi connectivity index (χ1v) is 12.7. The topological polar surface area (TPSA) is 97.1 Å². The fourth-order valence-electron chi connectivity index (χ4n) is 3.78. The van der Waals surface area contributed by atoms with Gasteiger partial charge in [0.2, 0.25) is 0 Å². The summed E-state index contributed by atoms with van der Waals surface area (Å²) in [7, 11) is -3.47. The third kappa shape index (κ3) is 3.65. The molecule has 0 unspecified atom stereocenters. The van der Waals surface area contributed by atoms with Crippen LogP contribution in [0.5, 0.6) is 0 Å². The molecular formula is C21H23N7O2S2. The van der Waals surface area contributed by atoms with Gasteiger partial charge in [0.05, 0.1) is 5.69 Å². The van der Waals surface area contributed by atoms with Crippen LogP contribution in [0.4, 0.5) is 5.82 Å². The molecule has 1 fully saturated rings. The summed E-state index contributed by atoms with van der Waals surface area (Å²) in [6.07, 6.45) is 2.34. The number of aryl methyl sites for hydroxylation is 2. The summed E-state index contributed by atoms with van der Waals surface area (Å²) >= 11 is 1.35. The number of nitrogens with zero attached hydrogens (tertiary/aromatic N) is 7. The molecule has 11 heteroatoms. The second-order valence-corrected chi connectivity index (χ2v) is 11.0. The SMILES string of the molecule is CCc1ccc(S(=O)(=O)N2CCN(c3ncnc4c3nnn4-c3ccc(C)cc3)CC2)s1. The molecule has 1 aliphatic rings. The van der Waals surface area contributed by atoms with Crippen LogP contribution in [0.15, 0.2) is 46.9 Å². The van der Waals surface area contributed by atoms with Gasteiger partial charge in [-0.3, -0.25) is 0 Å². The molecular weight excluding hydrogens is 446 g/mol. The molecule has 0 radical (unpaired) electrons. The van der Waals surface area contributed by atoms with Gasteiger partial charge in [-0.15, -0.1) is 16.4 Å². The smallest absolute Gasteiger partial charge is 0.252 e. The maximum atomic E-state index is 13.0. The summed E-state index contributed by atoms with van der Waals surface area (Å²) < 4.78 is 29.7. The summed E-state index contributed by atoms with van der Waals surface area (Å²) in [5, 5.41) is 8.62. The fourth-order valence-corrected chi connectivity index (χ4v) is 6.65.